The first kappa shape index (κ1) is 15.3. The number of hydrogen-bond donors (Lipinski definition) is 2. The molecule has 0 spiro atoms. The van der Waals surface area contributed by atoms with Crippen molar-refractivity contribution in [2.75, 3.05) is 7.05 Å². The molecule has 0 radical (unpaired) electrons. The number of halogens is 1. The van der Waals surface area contributed by atoms with Crippen LogP contribution in [-0.4, -0.2) is 28.9 Å². The molecular formula is C13H18ClN3O2. The molecule has 0 aliphatic heterocycles. The van der Waals surface area contributed by atoms with E-state index in [1.165, 1.54) is 0 Å². The van der Waals surface area contributed by atoms with Crippen molar-refractivity contribution >= 4 is 23.3 Å². The summed E-state index contributed by atoms with van der Waals surface area (Å²) in [6.07, 6.45) is 0.486. The fraction of sp³-hybridized carbons (Fsp3) is 0.385. The molecule has 0 fully saturated rings. The first-order valence-electron chi connectivity index (χ1n) is 5.96. The lowest BCUT2D eigenvalue weighted by atomic mass is 10.0. The van der Waals surface area contributed by atoms with E-state index in [9.17, 15) is 4.79 Å². The van der Waals surface area contributed by atoms with Crippen molar-refractivity contribution in [1.29, 1.82) is 0 Å². The van der Waals surface area contributed by atoms with Gasteiger partial charge >= 0.3 is 0 Å². The Hall–Kier alpha value is -1.75. The molecule has 1 rings (SSSR count). The number of carbonyl (C=O) groups is 1. The van der Waals surface area contributed by atoms with E-state index >= 15 is 0 Å². The predicted octanol–water partition coefficient (Wildman–Crippen LogP) is 2.07. The maximum atomic E-state index is 12.2. The lowest BCUT2D eigenvalue weighted by Gasteiger charge is -2.22. The van der Waals surface area contributed by atoms with Crippen LogP contribution in [0.5, 0.6) is 0 Å². The zero-order chi connectivity index (χ0) is 14.4. The van der Waals surface area contributed by atoms with Crippen LogP contribution in [0.3, 0.4) is 0 Å². The maximum absolute atomic E-state index is 12.2. The average molecular weight is 284 g/mol. The second kappa shape index (κ2) is 6.99. The van der Waals surface area contributed by atoms with Crippen LogP contribution in [-0.2, 0) is 11.3 Å². The lowest BCUT2D eigenvalue weighted by molar-refractivity contribution is -0.132. The number of carbonyl (C=O) groups excluding carboxylic acids is 1. The SMILES string of the molecule is CCC(C(=O)N(C)Cc1ccc(Cl)cc1)C(N)=NO. The minimum Gasteiger partial charge on any atom is -0.409 e. The summed E-state index contributed by atoms with van der Waals surface area (Å²) in [5, 5.41) is 12.2. The van der Waals surface area contributed by atoms with Gasteiger partial charge in [-0.1, -0.05) is 35.8 Å². The molecule has 5 nitrogen and oxygen atoms in total. The molecule has 1 aromatic rings. The molecule has 0 heterocycles. The Balaban J connectivity index is 2.74. The number of rotatable bonds is 5. The summed E-state index contributed by atoms with van der Waals surface area (Å²) in [6.45, 7) is 2.27. The van der Waals surface area contributed by atoms with Gasteiger partial charge in [-0.3, -0.25) is 4.79 Å². The molecule has 1 aromatic carbocycles. The van der Waals surface area contributed by atoms with Gasteiger partial charge in [-0.2, -0.15) is 0 Å². The summed E-state index contributed by atoms with van der Waals surface area (Å²) in [4.78, 5) is 13.7. The van der Waals surface area contributed by atoms with E-state index in [1.54, 1.807) is 24.1 Å². The molecule has 1 unspecified atom stereocenters. The predicted molar refractivity (Wildman–Crippen MR) is 75.1 cm³/mol. The zero-order valence-electron chi connectivity index (χ0n) is 11.0. The third-order valence-corrected chi connectivity index (χ3v) is 3.14. The van der Waals surface area contributed by atoms with Crippen molar-refractivity contribution < 1.29 is 10.0 Å². The van der Waals surface area contributed by atoms with E-state index in [0.29, 0.717) is 18.0 Å². The van der Waals surface area contributed by atoms with Gasteiger partial charge < -0.3 is 15.8 Å². The zero-order valence-corrected chi connectivity index (χ0v) is 11.8. The van der Waals surface area contributed by atoms with E-state index in [1.807, 2.05) is 19.1 Å². The minimum atomic E-state index is -0.595. The minimum absolute atomic E-state index is 0.0598. The van der Waals surface area contributed by atoms with Crippen LogP contribution in [0, 0.1) is 5.92 Å². The number of nitrogens with zero attached hydrogens (tertiary/aromatic N) is 2. The van der Waals surface area contributed by atoms with E-state index < -0.39 is 5.92 Å². The van der Waals surface area contributed by atoms with Gasteiger partial charge in [0, 0.05) is 18.6 Å². The second-order valence-corrected chi connectivity index (χ2v) is 4.74. The molecule has 3 N–H and O–H groups in total. The Labute approximate surface area is 117 Å². The van der Waals surface area contributed by atoms with Crippen molar-refractivity contribution in [2.24, 2.45) is 16.8 Å². The molecule has 19 heavy (non-hydrogen) atoms. The van der Waals surface area contributed by atoms with Gasteiger partial charge in [-0.15, -0.1) is 0 Å². The van der Waals surface area contributed by atoms with Crippen LogP contribution in [0.15, 0.2) is 29.4 Å². The fourth-order valence-corrected chi connectivity index (χ4v) is 1.91. The fourth-order valence-electron chi connectivity index (χ4n) is 1.79. The molecular weight excluding hydrogens is 266 g/mol. The number of hydrogen-bond acceptors (Lipinski definition) is 3. The van der Waals surface area contributed by atoms with Crippen LogP contribution in [0.4, 0.5) is 0 Å². The highest BCUT2D eigenvalue weighted by Gasteiger charge is 2.24. The molecule has 104 valence electrons. The number of benzene rings is 1. The van der Waals surface area contributed by atoms with E-state index in [-0.39, 0.29) is 11.7 Å². The van der Waals surface area contributed by atoms with Crippen molar-refractivity contribution in [3.05, 3.63) is 34.9 Å². The number of amidine groups is 1. The Bertz CT molecular complexity index is 459. The molecule has 1 amide bonds. The van der Waals surface area contributed by atoms with Gasteiger partial charge in [0.25, 0.3) is 0 Å². The Morgan fingerprint density at radius 2 is 2.05 bits per heavy atom. The molecule has 0 aliphatic rings. The normalized spacial score (nSPS) is 13.1. The first-order valence-corrected chi connectivity index (χ1v) is 6.34. The molecule has 0 bridgehead atoms. The molecule has 0 aromatic heterocycles. The third kappa shape index (κ3) is 4.13. The summed E-state index contributed by atoms with van der Waals surface area (Å²) >= 11 is 5.80. The standard InChI is InChI=1S/C13H18ClN3O2/c1-3-11(12(15)16-19)13(18)17(2)8-9-4-6-10(14)7-5-9/h4-7,11,19H,3,8H2,1-2H3,(H2,15,16). The number of amides is 1. The molecule has 1 atom stereocenters. The monoisotopic (exact) mass is 283 g/mol. The van der Waals surface area contributed by atoms with Gasteiger partial charge in [-0.05, 0) is 24.1 Å². The van der Waals surface area contributed by atoms with Crippen LogP contribution in [0.2, 0.25) is 5.02 Å². The topological polar surface area (TPSA) is 78.9 Å². The van der Waals surface area contributed by atoms with E-state index in [4.69, 9.17) is 22.5 Å². The van der Waals surface area contributed by atoms with Gasteiger partial charge in [0.1, 0.15) is 0 Å². The highest BCUT2D eigenvalue weighted by atomic mass is 35.5. The first-order chi connectivity index (χ1) is 8.99. The molecule has 0 aliphatic carbocycles. The Morgan fingerprint density at radius 1 is 1.47 bits per heavy atom. The molecule has 0 saturated carbocycles. The van der Waals surface area contributed by atoms with E-state index in [0.717, 1.165) is 5.56 Å². The van der Waals surface area contributed by atoms with Gasteiger partial charge in [0.15, 0.2) is 5.84 Å². The average Bonchev–Trinajstić information content (AvgIpc) is 2.41. The highest BCUT2D eigenvalue weighted by molar-refractivity contribution is 6.30. The smallest absolute Gasteiger partial charge is 0.233 e. The summed E-state index contributed by atoms with van der Waals surface area (Å²) < 4.78 is 0. The van der Waals surface area contributed by atoms with E-state index in [2.05, 4.69) is 5.16 Å². The van der Waals surface area contributed by atoms with Gasteiger partial charge in [0.05, 0.1) is 5.92 Å². The summed E-state index contributed by atoms with van der Waals surface area (Å²) in [5.74, 6) is -0.828. The number of nitrogens with two attached hydrogens (primary N) is 1. The van der Waals surface area contributed by atoms with Crippen LogP contribution >= 0.6 is 11.6 Å². The van der Waals surface area contributed by atoms with Gasteiger partial charge in [-0.25, -0.2) is 0 Å². The van der Waals surface area contributed by atoms with Crippen molar-refractivity contribution in [3.63, 3.8) is 0 Å². The van der Waals surface area contributed by atoms with Crippen molar-refractivity contribution in [2.45, 2.75) is 19.9 Å². The van der Waals surface area contributed by atoms with Crippen LogP contribution in [0.25, 0.3) is 0 Å². The summed E-state index contributed by atoms with van der Waals surface area (Å²) in [7, 11) is 1.68. The van der Waals surface area contributed by atoms with Crippen LogP contribution in [0.1, 0.15) is 18.9 Å². The molecule has 6 heteroatoms. The van der Waals surface area contributed by atoms with Crippen molar-refractivity contribution in [3.8, 4) is 0 Å². The lowest BCUT2D eigenvalue weighted by Crippen LogP contribution is -2.39. The Morgan fingerprint density at radius 3 is 2.53 bits per heavy atom. The van der Waals surface area contributed by atoms with Crippen LogP contribution < -0.4 is 5.73 Å². The molecule has 0 saturated heterocycles. The van der Waals surface area contributed by atoms with Gasteiger partial charge in [0.2, 0.25) is 5.91 Å². The van der Waals surface area contributed by atoms with Crippen molar-refractivity contribution in [1.82, 2.24) is 4.90 Å². The summed E-state index contributed by atoms with van der Waals surface area (Å²) in [6, 6.07) is 7.26. The third-order valence-electron chi connectivity index (χ3n) is 2.89. The highest BCUT2D eigenvalue weighted by Crippen LogP contribution is 2.13. The largest absolute Gasteiger partial charge is 0.409 e. The maximum Gasteiger partial charge on any atom is 0.233 e. The summed E-state index contributed by atoms with van der Waals surface area (Å²) in [5.41, 5.74) is 6.48. The quantitative estimate of drug-likeness (QED) is 0.376. The Kier molecular flexibility index (Phi) is 5.63. The second-order valence-electron chi connectivity index (χ2n) is 4.31. The number of oxime groups is 1.